The maximum absolute atomic E-state index is 14.0. The summed E-state index contributed by atoms with van der Waals surface area (Å²) in [6.07, 6.45) is 1.19. The van der Waals surface area contributed by atoms with Gasteiger partial charge in [-0.2, -0.15) is 0 Å². The van der Waals surface area contributed by atoms with Gasteiger partial charge in [-0.15, -0.1) is 0 Å². The van der Waals surface area contributed by atoms with Crippen LogP contribution in [0.25, 0.3) is 0 Å². The fraction of sp³-hybridized carbons (Fsp3) is 0.0870. The quantitative estimate of drug-likeness (QED) is 0.377. The molecule has 1 aliphatic heterocycles. The van der Waals surface area contributed by atoms with Gasteiger partial charge in [-0.25, -0.2) is 12.8 Å². The van der Waals surface area contributed by atoms with Crippen molar-refractivity contribution in [2.24, 2.45) is 0 Å². The number of benzene rings is 3. The summed E-state index contributed by atoms with van der Waals surface area (Å²) >= 11 is 5.97. The van der Waals surface area contributed by atoms with Gasteiger partial charge in [0.2, 0.25) is 15.6 Å². The lowest BCUT2D eigenvalue weighted by Gasteiger charge is -2.29. The van der Waals surface area contributed by atoms with Crippen LogP contribution in [-0.2, 0) is 9.84 Å². The van der Waals surface area contributed by atoms with Crippen LogP contribution in [-0.4, -0.2) is 28.4 Å². The van der Waals surface area contributed by atoms with Gasteiger partial charge in [0.1, 0.15) is 10.7 Å². The van der Waals surface area contributed by atoms with Gasteiger partial charge in [-0.3, -0.25) is 4.79 Å². The minimum Gasteiger partial charge on any atom is -0.493 e. The topological polar surface area (TPSA) is 72.9 Å². The molecule has 1 aliphatic rings. The van der Waals surface area contributed by atoms with E-state index in [1.165, 1.54) is 43.5 Å². The summed E-state index contributed by atoms with van der Waals surface area (Å²) in [5.74, 6) is -0.668. The molecule has 4 rings (SSSR count). The third-order valence-electron chi connectivity index (χ3n) is 4.98. The summed E-state index contributed by atoms with van der Waals surface area (Å²) in [7, 11) is -1.36. The van der Waals surface area contributed by atoms with Crippen molar-refractivity contribution in [2.45, 2.75) is 4.90 Å². The first-order valence-corrected chi connectivity index (χ1v) is 11.2. The van der Waals surface area contributed by atoms with E-state index in [0.29, 0.717) is 16.5 Å². The Morgan fingerprint density at radius 2 is 1.62 bits per heavy atom. The van der Waals surface area contributed by atoms with Gasteiger partial charge in [0, 0.05) is 22.5 Å². The summed E-state index contributed by atoms with van der Waals surface area (Å²) < 4.78 is 51.1. The van der Waals surface area contributed by atoms with Crippen molar-refractivity contribution < 1.29 is 27.1 Å². The normalized spacial score (nSPS) is 14.4. The van der Waals surface area contributed by atoms with E-state index in [4.69, 9.17) is 21.1 Å². The molecule has 0 amide bonds. The van der Waals surface area contributed by atoms with Crippen molar-refractivity contribution >= 4 is 38.6 Å². The van der Waals surface area contributed by atoms with Crippen molar-refractivity contribution in [3.63, 3.8) is 0 Å². The van der Waals surface area contributed by atoms with Gasteiger partial charge in [0.25, 0.3) is 0 Å². The van der Waals surface area contributed by atoms with Crippen LogP contribution >= 0.6 is 11.6 Å². The Morgan fingerprint density at radius 3 is 2.28 bits per heavy atom. The highest BCUT2D eigenvalue weighted by Gasteiger charge is 2.36. The van der Waals surface area contributed by atoms with Crippen LogP contribution in [0.2, 0.25) is 5.02 Å². The lowest BCUT2D eigenvalue weighted by atomic mass is 10.1. The molecule has 0 aliphatic carbocycles. The fourth-order valence-corrected chi connectivity index (χ4v) is 5.05. The molecule has 0 unspecified atom stereocenters. The maximum atomic E-state index is 14.0. The summed E-state index contributed by atoms with van der Waals surface area (Å²) in [6, 6.07) is 14.2. The molecule has 0 N–H and O–H groups in total. The number of fused-ring (bicyclic) bond motifs is 1. The molecule has 32 heavy (non-hydrogen) atoms. The summed E-state index contributed by atoms with van der Waals surface area (Å²) in [4.78, 5) is 14.1. The van der Waals surface area contributed by atoms with Crippen LogP contribution in [0.4, 0.5) is 15.8 Å². The monoisotopic (exact) mass is 473 g/mol. The molecule has 3 aromatic carbocycles. The lowest BCUT2D eigenvalue weighted by molar-refractivity contribution is 0.104. The number of sulfone groups is 1. The first kappa shape index (κ1) is 21.9. The Bertz CT molecular complexity index is 1350. The molecule has 0 aromatic heterocycles. The van der Waals surface area contributed by atoms with Crippen LogP contribution in [0.3, 0.4) is 0 Å². The van der Waals surface area contributed by atoms with Gasteiger partial charge in [0.15, 0.2) is 11.5 Å². The molecule has 0 radical (unpaired) electrons. The average molecular weight is 474 g/mol. The molecule has 6 nitrogen and oxygen atoms in total. The third-order valence-corrected chi connectivity index (χ3v) is 7.03. The first-order valence-electron chi connectivity index (χ1n) is 9.34. The Labute approximate surface area is 189 Å². The molecule has 0 spiro atoms. The number of halogens is 2. The van der Waals surface area contributed by atoms with E-state index in [0.717, 1.165) is 18.2 Å². The van der Waals surface area contributed by atoms with Crippen molar-refractivity contribution in [3.8, 4) is 11.5 Å². The molecule has 164 valence electrons. The van der Waals surface area contributed by atoms with E-state index in [9.17, 15) is 17.6 Å². The van der Waals surface area contributed by atoms with Crippen LogP contribution < -0.4 is 14.4 Å². The van der Waals surface area contributed by atoms with E-state index in [2.05, 4.69) is 0 Å². The predicted molar refractivity (Wildman–Crippen MR) is 119 cm³/mol. The Balaban J connectivity index is 1.90. The number of ether oxygens (including phenoxy) is 2. The van der Waals surface area contributed by atoms with Crippen molar-refractivity contribution in [2.75, 3.05) is 19.1 Å². The zero-order valence-electron chi connectivity index (χ0n) is 17.0. The number of hydrogen-bond donors (Lipinski definition) is 0. The second kappa shape index (κ2) is 8.29. The number of allylic oxidation sites excluding steroid dienone is 1. The Kier molecular flexibility index (Phi) is 5.66. The number of rotatable bonds is 5. The average Bonchev–Trinajstić information content (AvgIpc) is 2.78. The highest BCUT2D eigenvalue weighted by atomic mass is 35.5. The maximum Gasteiger partial charge on any atom is 0.214 e. The van der Waals surface area contributed by atoms with Crippen LogP contribution in [0.5, 0.6) is 11.5 Å². The van der Waals surface area contributed by atoms with Crippen LogP contribution in [0.1, 0.15) is 10.4 Å². The van der Waals surface area contributed by atoms with Crippen LogP contribution in [0.15, 0.2) is 76.7 Å². The number of Topliss-reactive ketones (excluding diaryl/α,β-unsaturated/α-hetero) is 1. The molecule has 0 bridgehead atoms. The van der Waals surface area contributed by atoms with E-state index in [1.54, 1.807) is 24.3 Å². The Hall–Kier alpha value is -3.36. The highest BCUT2D eigenvalue weighted by molar-refractivity contribution is 7.96. The summed E-state index contributed by atoms with van der Waals surface area (Å²) in [5, 5.41) is 0.475. The zero-order valence-corrected chi connectivity index (χ0v) is 18.6. The molecule has 3 aromatic rings. The van der Waals surface area contributed by atoms with E-state index in [1.807, 2.05) is 0 Å². The van der Waals surface area contributed by atoms with Gasteiger partial charge < -0.3 is 14.4 Å². The number of carbonyl (C=O) groups excluding carboxylic acids is 1. The predicted octanol–water partition coefficient (Wildman–Crippen LogP) is 5.15. The Morgan fingerprint density at radius 1 is 0.938 bits per heavy atom. The largest absolute Gasteiger partial charge is 0.493 e. The molecular weight excluding hydrogens is 457 g/mol. The first-order chi connectivity index (χ1) is 15.3. The number of methoxy groups -OCH3 is 2. The zero-order chi connectivity index (χ0) is 23.0. The fourth-order valence-electron chi connectivity index (χ4n) is 3.40. The molecule has 1 heterocycles. The van der Waals surface area contributed by atoms with Crippen molar-refractivity contribution in [1.82, 2.24) is 0 Å². The van der Waals surface area contributed by atoms with Crippen molar-refractivity contribution in [1.29, 1.82) is 0 Å². The molecule has 0 saturated carbocycles. The number of nitrogens with zero attached hydrogens (tertiary/aromatic N) is 1. The third kappa shape index (κ3) is 3.72. The van der Waals surface area contributed by atoms with Gasteiger partial charge in [0.05, 0.1) is 24.8 Å². The minimum absolute atomic E-state index is 0.0937. The molecular formula is C23H17ClFNO5S. The van der Waals surface area contributed by atoms with Gasteiger partial charge in [-0.05, 0) is 60.7 Å². The number of anilines is 2. The standard InChI is InChI=1S/C23H17ClFNO5S/c1-30-19-9-3-14(11-20(19)31-2)23(27)22-13-26(17-7-4-15(24)5-8-17)18-12-16(25)6-10-21(18)32(22,28)29/h3-13H,1-2H3. The SMILES string of the molecule is COc1ccc(C(=O)C2=CN(c3ccc(Cl)cc3)c3cc(F)ccc3S2(=O)=O)cc1OC. The van der Waals surface area contributed by atoms with Gasteiger partial charge in [-0.1, -0.05) is 11.6 Å². The van der Waals surface area contributed by atoms with E-state index >= 15 is 0 Å². The molecule has 0 saturated heterocycles. The van der Waals surface area contributed by atoms with Crippen LogP contribution in [0, 0.1) is 5.82 Å². The lowest BCUT2D eigenvalue weighted by Crippen LogP contribution is -2.26. The highest BCUT2D eigenvalue weighted by Crippen LogP contribution is 2.41. The summed E-state index contributed by atoms with van der Waals surface area (Å²) in [5.41, 5.74) is 0.698. The second-order valence-electron chi connectivity index (χ2n) is 6.85. The van der Waals surface area contributed by atoms with Crippen molar-refractivity contribution in [3.05, 3.63) is 88.2 Å². The molecule has 0 fully saturated rings. The smallest absolute Gasteiger partial charge is 0.214 e. The molecule has 0 atom stereocenters. The summed E-state index contributed by atoms with van der Waals surface area (Å²) in [6.45, 7) is 0. The molecule has 9 heteroatoms. The minimum atomic E-state index is -4.23. The van der Waals surface area contributed by atoms with E-state index in [-0.39, 0.29) is 21.9 Å². The van der Waals surface area contributed by atoms with E-state index < -0.39 is 26.3 Å². The number of carbonyl (C=O) groups is 1. The van der Waals surface area contributed by atoms with Gasteiger partial charge >= 0.3 is 0 Å². The number of hydrogen-bond acceptors (Lipinski definition) is 6. The number of ketones is 1. The second-order valence-corrected chi connectivity index (χ2v) is 9.18.